The van der Waals surface area contributed by atoms with Crippen molar-refractivity contribution in [1.29, 1.82) is 0 Å². The zero-order valence-corrected chi connectivity index (χ0v) is 16.2. The molecule has 1 fully saturated rings. The number of piperidine rings is 1. The Morgan fingerprint density at radius 1 is 1.00 bits per heavy atom. The fourth-order valence-corrected chi connectivity index (χ4v) is 4.25. The summed E-state index contributed by atoms with van der Waals surface area (Å²) in [6.07, 6.45) is 2.46. The van der Waals surface area contributed by atoms with Crippen molar-refractivity contribution in [2.75, 3.05) is 0 Å². The van der Waals surface area contributed by atoms with Crippen LogP contribution in [0.4, 0.5) is 0 Å². The highest BCUT2D eigenvalue weighted by atomic mass is 35.5. The fraction of sp³-hybridized carbons (Fsp3) is 0.429. The number of hydrogen-bond acceptors (Lipinski definition) is 2. The lowest BCUT2D eigenvalue weighted by Gasteiger charge is -2.48. The Hall–Kier alpha value is -1.06. The summed E-state index contributed by atoms with van der Waals surface area (Å²) in [6.45, 7) is 4.27. The molecule has 0 bridgehead atoms. The summed E-state index contributed by atoms with van der Waals surface area (Å²) in [5.74, 6) is 0.108. The van der Waals surface area contributed by atoms with Crippen molar-refractivity contribution in [3.8, 4) is 0 Å². The van der Waals surface area contributed by atoms with Gasteiger partial charge in [0.15, 0.2) is 0 Å². The van der Waals surface area contributed by atoms with Crippen molar-refractivity contribution >= 4 is 23.2 Å². The van der Waals surface area contributed by atoms with Crippen LogP contribution in [-0.2, 0) is 0 Å². The number of hydrogen-bond donors (Lipinski definition) is 2. The smallest absolute Gasteiger partial charge is 0.0709 e. The second-order valence-electron chi connectivity index (χ2n) is 7.15. The first-order valence-electron chi connectivity index (χ1n) is 8.92. The van der Waals surface area contributed by atoms with Gasteiger partial charge < -0.3 is 10.4 Å². The molecule has 0 radical (unpaired) electrons. The van der Waals surface area contributed by atoms with Crippen LogP contribution in [0.2, 0.25) is 10.0 Å². The van der Waals surface area contributed by atoms with Crippen LogP contribution in [0.25, 0.3) is 0 Å². The molecule has 4 atom stereocenters. The van der Waals surface area contributed by atoms with Crippen molar-refractivity contribution < 1.29 is 5.11 Å². The third kappa shape index (κ3) is 4.03. The second kappa shape index (κ2) is 7.67. The van der Waals surface area contributed by atoms with E-state index in [1.165, 1.54) is 0 Å². The zero-order chi connectivity index (χ0) is 18.0. The minimum Gasteiger partial charge on any atom is -0.389 e. The standard InChI is InChI=1S/C21H25Cl2NO/c1-3-12-21(25)13-19(15-4-8-17(22)9-5-15)24-20(14(21)2)16-6-10-18(23)11-7-16/h4-11,14,19-20,24-25H,3,12-13H2,1-2H3. The van der Waals surface area contributed by atoms with Gasteiger partial charge in [-0.05, 0) is 48.2 Å². The zero-order valence-electron chi connectivity index (χ0n) is 14.7. The van der Waals surface area contributed by atoms with Gasteiger partial charge in [-0.25, -0.2) is 0 Å². The van der Waals surface area contributed by atoms with E-state index in [-0.39, 0.29) is 18.0 Å². The predicted octanol–water partition coefficient (Wildman–Crippen LogP) is 5.94. The highest BCUT2D eigenvalue weighted by molar-refractivity contribution is 6.30. The monoisotopic (exact) mass is 377 g/mol. The van der Waals surface area contributed by atoms with E-state index in [9.17, 15) is 5.11 Å². The van der Waals surface area contributed by atoms with E-state index in [0.717, 1.165) is 34.0 Å². The SMILES string of the molecule is CCCC1(O)CC(c2ccc(Cl)cc2)NC(c2ccc(Cl)cc2)C1C. The molecule has 25 heavy (non-hydrogen) atoms. The van der Waals surface area contributed by atoms with Gasteiger partial charge in [0.2, 0.25) is 0 Å². The van der Waals surface area contributed by atoms with E-state index in [1.807, 2.05) is 48.5 Å². The average molecular weight is 378 g/mol. The minimum absolute atomic E-state index is 0.0724. The Kier molecular flexibility index (Phi) is 5.75. The van der Waals surface area contributed by atoms with Crippen LogP contribution in [0.1, 0.15) is 56.3 Å². The molecule has 0 saturated carbocycles. The predicted molar refractivity (Wildman–Crippen MR) is 105 cm³/mol. The molecule has 134 valence electrons. The average Bonchev–Trinajstić information content (AvgIpc) is 2.59. The van der Waals surface area contributed by atoms with Gasteiger partial charge in [-0.2, -0.15) is 0 Å². The van der Waals surface area contributed by atoms with Gasteiger partial charge in [0.1, 0.15) is 0 Å². The summed E-state index contributed by atoms with van der Waals surface area (Å²) < 4.78 is 0. The molecule has 1 aliphatic heterocycles. The first-order chi connectivity index (χ1) is 11.9. The number of rotatable bonds is 4. The second-order valence-corrected chi connectivity index (χ2v) is 8.02. The molecule has 2 aromatic carbocycles. The number of aliphatic hydroxyl groups is 1. The summed E-state index contributed by atoms with van der Waals surface area (Å²) in [4.78, 5) is 0. The van der Waals surface area contributed by atoms with Crippen LogP contribution in [0.15, 0.2) is 48.5 Å². The van der Waals surface area contributed by atoms with Gasteiger partial charge in [-0.15, -0.1) is 0 Å². The Bertz CT molecular complexity index is 701. The summed E-state index contributed by atoms with van der Waals surface area (Å²) >= 11 is 12.1. The summed E-state index contributed by atoms with van der Waals surface area (Å²) in [7, 11) is 0. The molecular formula is C21H25Cl2NO. The van der Waals surface area contributed by atoms with Crippen LogP contribution in [0.5, 0.6) is 0 Å². The van der Waals surface area contributed by atoms with Crippen LogP contribution in [0.3, 0.4) is 0 Å². The quantitative estimate of drug-likeness (QED) is 0.690. The summed E-state index contributed by atoms with van der Waals surface area (Å²) in [6, 6.07) is 16.0. The molecule has 1 aliphatic rings. The number of benzene rings is 2. The maximum absolute atomic E-state index is 11.4. The highest BCUT2D eigenvalue weighted by Gasteiger charge is 2.45. The minimum atomic E-state index is -0.700. The number of halogens is 2. The van der Waals surface area contributed by atoms with Gasteiger partial charge in [0.25, 0.3) is 0 Å². The summed E-state index contributed by atoms with van der Waals surface area (Å²) in [5.41, 5.74) is 1.61. The molecule has 4 unspecified atom stereocenters. The lowest BCUT2D eigenvalue weighted by Crippen LogP contribution is -2.52. The van der Waals surface area contributed by atoms with Crippen LogP contribution in [0, 0.1) is 5.92 Å². The molecule has 4 heteroatoms. The Morgan fingerprint density at radius 2 is 1.52 bits per heavy atom. The van der Waals surface area contributed by atoms with Gasteiger partial charge >= 0.3 is 0 Å². The Balaban J connectivity index is 1.95. The van der Waals surface area contributed by atoms with Gasteiger partial charge in [0, 0.05) is 28.0 Å². The summed E-state index contributed by atoms with van der Waals surface area (Å²) in [5, 5.41) is 16.6. The fourth-order valence-electron chi connectivity index (χ4n) is 4.00. The van der Waals surface area contributed by atoms with Crippen molar-refractivity contribution in [3.05, 3.63) is 69.7 Å². The molecule has 0 amide bonds. The largest absolute Gasteiger partial charge is 0.389 e. The van der Waals surface area contributed by atoms with Crippen molar-refractivity contribution in [1.82, 2.24) is 5.32 Å². The third-order valence-electron chi connectivity index (χ3n) is 5.47. The Morgan fingerprint density at radius 3 is 2.04 bits per heavy atom. The van der Waals surface area contributed by atoms with E-state index in [1.54, 1.807) is 0 Å². The molecule has 3 rings (SSSR count). The molecule has 2 aromatic rings. The lowest BCUT2D eigenvalue weighted by molar-refractivity contribution is -0.0743. The highest BCUT2D eigenvalue weighted by Crippen LogP contribution is 2.45. The van der Waals surface area contributed by atoms with Crippen molar-refractivity contribution in [2.24, 2.45) is 5.92 Å². The normalized spacial score (nSPS) is 29.6. The first-order valence-corrected chi connectivity index (χ1v) is 9.68. The van der Waals surface area contributed by atoms with Crippen molar-refractivity contribution in [2.45, 2.75) is 50.8 Å². The van der Waals surface area contributed by atoms with Crippen LogP contribution < -0.4 is 5.32 Å². The number of nitrogens with one attached hydrogen (secondary N) is 1. The van der Waals surface area contributed by atoms with E-state index in [2.05, 4.69) is 19.2 Å². The molecule has 0 aromatic heterocycles. The molecule has 1 saturated heterocycles. The molecular weight excluding hydrogens is 353 g/mol. The first kappa shape index (κ1) is 18.7. The Labute approximate surface area is 160 Å². The molecule has 0 spiro atoms. The van der Waals surface area contributed by atoms with Crippen LogP contribution in [-0.4, -0.2) is 10.7 Å². The molecule has 0 aliphatic carbocycles. The third-order valence-corrected chi connectivity index (χ3v) is 5.97. The lowest BCUT2D eigenvalue weighted by atomic mass is 9.70. The van der Waals surface area contributed by atoms with E-state index in [4.69, 9.17) is 23.2 Å². The topological polar surface area (TPSA) is 32.3 Å². The molecule has 2 N–H and O–H groups in total. The molecule has 1 heterocycles. The van der Waals surface area contributed by atoms with Gasteiger partial charge in [0.05, 0.1) is 5.60 Å². The van der Waals surface area contributed by atoms with E-state index >= 15 is 0 Å². The van der Waals surface area contributed by atoms with Gasteiger partial charge in [-0.1, -0.05) is 67.7 Å². The van der Waals surface area contributed by atoms with Gasteiger partial charge in [-0.3, -0.25) is 0 Å². The van der Waals surface area contributed by atoms with E-state index < -0.39 is 5.60 Å². The maximum Gasteiger partial charge on any atom is 0.0709 e. The van der Waals surface area contributed by atoms with E-state index in [0.29, 0.717) is 6.42 Å². The maximum atomic E-state index is 11.4. The molecule has 2 nitrogen and oxygen atoms in total. The van der Waals surface area contributed by atoms with Crippen molar-refractivity contribution in [3.63, 3.8) is 0 Å². The van der Waals surface area contributed by atoms with Crippen LogP contribution >= 0.6 is 23.2 Å².